The molecule has 4 rings (SSSR count). The van der Waals surface area contributed by atoms with Gasteiger partial charge in [0, 0.05) is 36.8 Å². The van der Waals surface area contributed by atoms with Crippen molar-refractivity contribution in [2.75, 3.05) is 7.05 Å². The quantitative estimate of drug-likeness (QED) is 0.672. The number of nitrogens with one attached hydrogen (secondary N) is 1. The second kappa shape index (κ2) is 7.38. The molecule has 3 aromatic rings. The third-order valence-electron chi connectivity index (χ3n) is 5.11. The predicted octanol–water partition coefficient (Wildman–Crippen LogP) is 2.79. The summed E-state index contributed by atoms with van der Waals surface area (Å²) in [5.74, 6) is -0.0908. The number of para-hydroxylation sites is 1. The van der Waals surface area contributed by atoms with Gasteiger partial charge in [-0.25, -0.2) is 0 Å². The fourth-order valence-corrected chi connectivity index (χ4v) is 3.38. The van der Waals surface area contributed by atoms with Gasteiger partial charge in [0.1, 0.15) is 5.56 Å². The Hall–Kier alpha value is -3.28. The summed E-state index contributed by atoms with van der Waals surface area (Å²) in [6.45, 7) is 0.238. The van der Waals surface area contributed by atoms with Crippen LogP contribution in [-0.2, 0) is 6.54 Å². The fraction of sp³-hybridized carbons (Fsp3) is 0.273. The number of ketones is 1. The van der Waals surface area contributed by atoms with Crippen molar-refractivity contribution in [2.45, 2.75) is 25.8 Å². The zero-order valence-electron chi connectivity index (χ0n) is 15.6. The number of fused-ring (bicyclic) bond motifs is 1. The summed E-state index contributed by atoms with van der Waals surface area (Å²) in [6.07, 6.45) is 5.87. The van der Waals surface area contributed by atoms with E-state index in [0.29, 0.717) is 17.9 Å². The molecule has 0 aliphatic heterocycles. The predicted molar refractivity (Wildman–Crippen MR) is 107 cm³/mol. The van der Waals surface area contributed by atoms with E-state index in [2.05, 4.69) is 10.3 Å². The van der Waals surface area contributed by atoms with Crippen LogP contribution in [0.25, 0.3) is 10.9 Å². The Bertz CT molecular complexity index is 1120. The van der Waals surface area contributed by atoms with Crippen molar-refractivity contribution < 1.29 is 9.59 Å². The summed E-state index contributed by atoms with van der Waals surface area (Å²) < 4.78 is 1.44. The smallest absolute Gasteiger partial charge is 0.263 e. The summed E-state index contributed by atoms with van der Waals surface area (Å²) >= 11 is 0. The molecule has 28 heavy (non-hydrogen) atoms. The molecule has 142 valence electrons. The van der Waals surface area contributed by atoms with Crippen LogP contribution < -0.4 is 10.9 Å². The molecule has 6 nitrogen and oxygen atoms in total. The van der Waals surface area contributed by atoms with Crippen LogP contribution in [0.15, 0.2) is 53.6 Å². The van der Waals surface area contributed by atoms with Gasteiger partial charge in [0.05, 0.1) is 12.1 Å². The van der Waals surface area contributed by atoms with Crippen molar-refractivity contribution in [2.24, 2.45) is 5.92 Å². The summed E-state index contributed by atoms with van der Waals surface area (Å²) in [5, 5.41) is 3.46. The number of carbonyl (C=O) groups excluding carboxylic acids is 2. The van der Waals surface area contributed by atoms with E-state index in [-0.39, 0.29) is 17.9 Å². The minimum atomic E-state index is -0.490. The molecule has 0 unspecified atom stereocenters. The highest BCUT2D eigenvalue weighted by Gasteiger charge is 2.26. The third kappa shape index (κ3) is 3.58. The molecule has 1 fully saturated rings. The van der Waals surface area contributed by atoms with Crippen LogP contribution in [0, 0.1) is 5.92 Å². The molecule has 1 aromatic carbocycles. The fourth-order valence-electron chi connectivity index (χ4n) is 3.38. The van der Waals surface area contributed by atoms with Crippen molar-refractivity contribution in [3.63, 3.8) is 0 Å². The maximum Gasteiger partial charge on any atom is 0.263 e. The van der Waals surface area contributed by atoms with Crippen LogP contribution >= 0.6 is 0 Å². The number of hydrogen-bond acceptors (Lipinski definition) is 4. The Morgan fingerprint density at radius 3 is 2.75 bits per heavy atom. The van der Waals surface area contributed by atoms with Crippen LogP contribution in [0.4, 0.5) is 0 Å². The Balaban J connectivity index is 1.79. The molecule has 1 N–H and O–H groups in total. The monoisotopic (exact) mass is 375 g/mol. The normalized spacial score (nSPS) is 13.5. The maximum atomic E-state index is 12.9. The molecule has 0 spiro atoms. The van der Waals surface area contributed by atoms with E-state index in [1.165, 1.54) is 17.7 Å². The number of hydrogen-bond donors (Lipinski definition) is 1. The number of rotatable bonds is 6. The molecule has 0 bridgehead atoms. The van der Waals surface area contributed by atoms with Gasteiger partial charge in [-0.3, -0.25) is 19.4 Å². The molecule has 1 saturated carbocycles. The lowest BCUT2D eigenvalue weighted by Crippen LogP contribution is -2.32. The van der Waals surface area contributed by atoms with Gasteiger partial charge in [-0.1, -0.05) is 24.3 Å². The van der Waals surface area contributed by atoms with Gasteiger partial charge in [0.2, 0.25) is 0 Å². The second-order valence-electron chi connectivity index (χ2n) is 7.22. The van der Waals surface area contributed by atoms with Gasteiger partial charge >= 0.3 is 0 Å². The van der Waals surface area contributed by atoms with Crippen molar-refractivity contribution in [1.29, 1.82) is 0 Å². The standard InChI is InChI=1S/C22H21N3O3/c1-23-21(27)18-11-17(19(26)10-14-7-8-14)13-25(22(18)28)12-16-5-2-4-15-6-3-9-24-20(15)16/h2-6,9,11,13-14H,7-8,10,12H2,1H3,(H,23,27). The van der Waals surface area contributed by atoms with Gasteiger partial charge in [0.15, 0.2) is 5.78 Å². The van der Waals surface area contributed by atoms with Crippen LogP contribution in [0.3, 0.4) is 0 Å². The van der Waals surface area contributed by atoms with E-state index in [1.807, 2.05) is 30.3 Å². The molecule has 0 saturated heterocycles. The number of carbonyl (C=O) groups is 2. The highest BCUT2D eigenvalue weighted by Crippen LogP contribution is 2.33. The lowest BCUT2D eigenvalue weighted by Gasteiger charge is -2.12. The van der Waals surface area contributed by atoms with Gasteiger partial charge < -0.3 is 9.88 Å². The highest BCUT2D eigenvalue weighted by molar-refractivity contribution is 6.00. The maximum absolute atomic E-state index is 12.9. The van der Waals surface area contributed by atoms with E-state index in [1.54, 1.807) is 12.4 Å². The SMILES string of the molecule is CNC(=O)c1cc(C(=O)CC2CC2)cn(Cc2cccc3cccnc23)c1=O. The molecule has 1 aliphatic carbocycles. The lowest BCUT2D eigenvalue weighted by molar-refractivity contribution is 0.0961. The van der Waals surface area contributed by atoms with E-state index in [9.17, 15) is 14.4 Å². The Kier molecular flexibility index (Phi) is 4.77. The van der Waals surface area contributed by atoms with E-state index >= 15 is 0 Å². The number of nitrogens with zero attached hydrogens (tertiary/aromatic N) is 2. The first-order valence-electron chi connectivity index (χ1n) is 9.39. The molecule has 0 atom stereocenters. The van der Waals surface area contributed by atoms with E-state index < -0.39 is 11.5 Å². The minimum absolute atomic E-state index is 0.0163. The molecule has 2 heterocycles. The zero-order chi connectivity index (χ0) is 19.7. The van der Waals surface area contributed by atoms with Crippen molar-refractivity contribution >= 4 is 22.6 Å². The topological polar surface area (TPSA) is 81.1 Å². The average molecular weight is 375 g/mol. The summed E-state index contributed by atoms with van der Waals surface area (Å²) in [7, 11) is 1.47. The Morgan fingerprint density at radius 1 is 1.21 bits per heavy atom. The van der Waals surface area contributed by atoms with Crippen molar-refractivity contribution in [3.8, 4) is 0 Å². The number of aromatic nitrogens is 2. The largest absolute Gasteiger partial charge is 0.355 e. The zero-order valence-corrected chi connectivity index (χ0v) is 15.6. The molecule has 2 aromatic heterocycles. The second-order valence-corrected chi connectivity index (χ2v) is 7.22. The number of benzene rings is 1. The first kappa shape index (κ1) is 18.1. The minimum Gasteiger partial charge on any atom is -0.355 e. The van der Waals surface area contributed by atoms with Gasteiger partial charge in [-0.2, -0.15) is 0 Å². The number of Topliss-reactive ketones (excluding diaryl/α,β-unsaturated/α-hetero) is 1. The molecule has 1 aliphatic rings. The third-order valence-corrected chi connectivity index (χ3v) is 5.11. The number of amides is 1. The van der Waals surface area contributed by atoms with Crippen LogP contribution in [0.5, 0.6) is 0 Å². The van der Waals surface area contributed by atoms with Gasteiger partial charge in [-0.15, -0.1) is 0 Å². The van der Waals surface area contributed by atoms with Gasteiger partial charge in [0.25, 0.3) is 11.5 Å². The van der Waals surface area contributed by atoms with Crippen molar-refractivity contribution in [1.82, 2.24) is 14.9 Å². The highest BCUT2D eigenvalue weighted by atomic mass is 16.2. The Morgan fingerprint density at radius 2 is 2.00 bits per heavy atom. The summed E-state index contributed by atoms with van der Waals surface area (Å²) in [6, 6.07) is 11.0. The molecule has 1 amide bonds. The summed E-state index contributed by atoms with van der Waals surface area (Å²) in [5.41, 5.74) is 1.62. The molecule has 6 heteroatoms. The molecular weight excluding hydrogens is 354 g/mol. The molecule has 0 radical (unpaired) electrons. The van der Waals surface area contributed by atoms with Crippen LogP contribution in [0.2, 0.25) is 0 Å². The van der Waals surface area contributed by atoms with E-state index in [0.717, 1.165) is 29.3 Å². The average Bonchev–Trinajstić information content (AvgIpc) is 3.53. The Labute approximate surface area is 162 Å². The van der Waals surface area contributed by atoms with Gasteiger partial charge in [-0.05, 0) is 36.5 Å². The summed E-state index contributed by atoms with van der Waals surface area (Å²) in [4.78, 5) is 42.2. The van der Waals surface area contributed by atoms with Crippen LogP contribution in [-0.4, -0.2) is 28.3 Å². The van der Waals surface area contributed by atoms with Crippen molar-refractivity contribution in [3.05, 3.63) is 75.8 Å². The van der Waals surface area contributed by atoms with Crippen LogP contribution in [0.1, 0.15) is 45.5 Å². The lowest BCUT2D eigenvalue weighted by atomic mass is 10.0. The first-order valence-corrected chi connectivity index (χ1v) is 9.39. The van der Waals surface area contributed by atoms with E-state index in [4.69, 9.17) is 0 Å². The number of pyridine rings is 2. The molecular formula is C22H21N3O3. The first-order chi connectivity index (χ1) is 13.6.